The number of phenolic OH excluding ortho intramolecular Hbond substituents is 1. The van der Waals surface area contributed by atoms with Crippen LogP contribution in [0.4, 0.5) is 0 Å². The van der Waals surface area contributed by atoms with Gasteiger partial charge in [0.15, 0.2) is 23.0 Å². The van der Waals surface area contributed by atoms with Crippen LogP contribution in [0.1, 0.15) is 15.9 Å². The zero-order valence-electron chi connectivity index (χ0n) is 11.7. The predicted molar refractivity (Wildman–Crippen MR) is 91.8 cm³/mol. The van der Waals surface area contributed by atoms with Crippen LogP contribution in [0.2, 0.25) is 10.0 Å². The third kappa shape index (κ3) is 2.92. The van der Waals surface area contributed by atoms with Crippen molar-refractivity contribution in [1.29, 1.82) is 0 Å². The molecule has 2 aromatic rings. The zero-order valence-corrected chi connectivity index (χ0v) is 14.8. The molecule has 0 amide bonds. The number of carbonyl (C=O) groups excluding carboxylic acids is 1. The highest BCUT2D eigenvalue weighted by Gasteiger charge is 2.30. The molecule has 0 spiro atoms. The summed E-state index contributed by atoms with van der Waals surface area (Å²) in [6.07, 6.45) is 1.54. The van der Waals surface area contributed by atoms with Gasteiger partial charge in [0.1, 0.15) is 0 Å². The molecule has 0 unspecified atom stereocenters. The van der Waals surface area contributed by atoms with E-state index in [2.05, 4.69) is 15.9 Å². The van der Waals surface area contributed by atoms with Crippen LogP contribution in [-0.2, 0) is 0 Å². The summed E-state index contributed by atoms with van der Waals surface area (Å²) in [6.45, 7) is 0. The molecule has 23 heavy (non-hydrogen) atoms. The minimum Gasteiger partial charge on any atom is -0.503 e. The molecule has 0 saturated carbocycles. The number of halogens is 3. The summed E-state index contributed by atoms with van der Waals surface area (Å²) >= 11 is 15.2. The monoisotopic (exact) mass is 414 g/mol. The molecule has 0 radical (unpaired) electrons. The van der Waals surface area contributed by atoms with Crippen molar-refractivity contribution in [3.8, 4) is 17.2 Å². The van der Waals surface area contributed by atoms with E-state index in [0.29, 0.717) is 20.6 Å². The molecule has 1 N–H and O–H groups in total. The van der Waals surface area contributed by atoms with Crippen LogP contribution in [0.25, 0.3) is 6.08 Å². The van der Waals surface area contributed by atoms with E-state index >= 15 is 0 Å². The van der Waals surface area contributed by atoms with Gasteiger partial charge in [-0.25, -0.2) is 0 Å². The highest BCUT2D eigenvalue weighted by atomic mass is 79.9. The number of Topliss-reactive ketones (excluding diaryl/α,β-unsaturated/α-hetero) is 1. The molecule has 0 atom stereocenters. The number of ketones is 1. The summed E-state index contributed by atoms with van der Waals surface area (Å²) in [5, 5.41) is 10.5. The average molecular weight is 416 g/mol. The van der Waals surface area contributed by atoms with Crippen LogP contribution >= 0.6 is 39.1 Å². The highest BCUT2D eigenvalue weighted by molar-refractivity contribution is 9.10. The molecule has 1 heterocycles. The molecule has 0 bridgehead atoms. The fraction of sp³-hybridized carbons (Fsp3) is 0.0625. The molecular formula is C16H9BrCl2O4. The Labute approximate surface area is 150 Å². The second-order valence-electron chi connectivity index (χ2n) is 4.76. The van der Waals surface area contributed by atoms with E-state index in [-0.39, 0.29) is 33.8 Å². The van der Waals surface area contributed by atoms with Crippen LogP contribution in [0.5, 0.6) is 17.2 Å². The van der Waals surface area contributed by atoms with Crippen LogP contribution < -0.4 is 9.47 Å². The van der Waals surface area contributed by atoms with E-state index in [1.165, 1.54) is 19.2 Å². The lowest BCUT2D eigenvalue weighted by atomic mass is 10.1. The van der Waals surface area contributed by atoms with E-state index in [0.717, 1.165) is 0 Å². The predicted octanol–water partition coefficient (Wildman–Crippen LogP) is 5.09. The van der Waals surface area contributed by atoms with Gasteiger partial charge in [-0.05, 0) is 51.8 Å². The van der Waals surface area contributed by atoms with E-state index in [4.69, 9.17) is 32.7 Å². The Morgan fingerprint density at radius 3 is 2.70 bits per heavy atom. The molecule has 1 aliphatic rings. The fourth-order valence-electron chi connectivity index (χ4n) is 2.20. The summed E-state index contributed by atoms with van der Waals surface area (Å²) in [6, 6.07) is 6.25. The maximum atomic E-state index is 12.4. The largest absolute Gasteiger partial charge is 0.503 e. The van der Waals surface area contributed by atoms with Crippen LogP contribution in [0.15, 0.2) is 34.5 Å². The molecule has 3 rings (SSSR count). The van der Waals surface area contributed by atoms with Crippen LogP contribution in [-0.4, -0.2) is 18.0 Å². The van der Waals surface area contributed by atoms with Gasteiger partial charge in [-0.2, -0.15) is 0 Å². The molecule has 0 saturated heterocycles. The molecule has 118 valence electrons. The first-order valence-corrected chi connectivity index (χ1v) is 7.95. The molecule has 1 aliphatic heterocycles. The van der Waals surface area contributed by atoms with Crippen LogP contribution in [0.3, 0.4) is 0 Å². The van der Waals surface area contributed by atoms with Gasteiger partial charge in [-0.15, -0.1) is 0 Å². The smallest absolute Gasteiger partial charge is 0.232 e. The van der Waals surface area contributed by atoms with Crippen molar-refractivity contribution < 1.29 is 19.4 Å². The number of ether oxygens (including phenoxy) is 2. The summed E-state index contributed by atoms with van der Waals surface area (Å²) in [5.41, 5.74) is 0.934. The van der Waals surface area contributed by atoms with Crippen molar-refractivity contribution in [2.75, 3.05) is 7.11 Å². The standard InChI is InChI=1S/C16H9BrCl2O4/c1-22-12-3-7(2-10(17)15(12)21)4-13-14(20)9-5-8(18)6-11(19)16(9)23-13/h2-6,21H,1H3/b13-4-. The normalized spacial score (nSPS) is 14.8. The van der Waals surface area contributed by atoms with Gasteiger partial charge in [0.05, 0.1) is 22.2 Å². The first-order valence-electron chi connectivity index (χ1n) is 6.40. The topological polar surface area (TPSA) is 55.8 Å². The first kappa shape index (κ1) is 16.2. The quantitative estimate of drug-likeness (QED) is 0.694. The number of allylic oxidation sites excluding steroid dienone is 1. The maximum Gasteiger partial charge on any atom is 0.232 e. The Bertz CT molecular complexity index is 862. The number of rotatable bonds is 2. The molecule has 2 aromatic carbocycles. The number of benzene rings is 2. The third-order valence-electron chi connectivity index (χ3n) is 3.26. The summed E-state index contributed by atoms with van der Waals surface area (Å²) in [5.74, 6) is 0.343. The Morgan fingerprint density at radius 2 is 2.00 bits per heavy atom. The van der Waals surface area contributed by atoms with Crippen molar-refractivity contribution in [2.45, 2.75) is 0 Å². The van der Waals surface area contributed by atoms with Crippen molar-refractivity contribution in [3.05, 3.63) is 55.7 Å². The van der Waals surface area contributed by atoms with E-state index in [9.17, 15) is 9.90 Å². The Morgan fingerprint density at radius 1 is 1.26 bits per heavy atom. The number of carbonyl (C=O) groups is 1. The van der Waals surface area contributed by atoms with Crippen molar-refractivity contribution in [1.82, 2.24) is 0 Å². The van der Waals surface area contributed by atoms with Gasteiger partial charge in [0, 0.05) is 5.02 Å². The van der Waals surface area contributed by atoms with Gasteiger partial charge in [0.2, 0.25) is 5.78 Å². The molecular weight excluding hydrogens is 407 g/mol. The Kier molecular flexibility index (Phi) is 4.27. The van der Waals surface area contributed by atoms with Gasteiger partial charge in [-0.1, -0.05) is 23.2 Å². The third-order valence-corrected chi connectivity index (χ3v) is 4.36. The number of hydrogen-bond donors (Lipinski definition) is 1. The van der Waals surface area contributed by atoms with E-state index in [1.807, 2.05) is 0 Å². The number of methoxy groups -OCH3 is 1. The molecule has 0 aliphatic carbocycles. The first-order chi connectivity index (χ1) is 10.9. The van der Waals surface area contributed by atoms with Gasteiger partial charge in [-0.3, -0.25) is 4.79 Å². The Balaban J connectivity index is 2.05. The van der Waals surface area contributed by atoms with Crippen molar-refractivity contribution in [2.24, 2.45) is 0 Å². The van der Waals surface area contributed by atoms with Gasteiger partial charge in [0.25, 0.3) is 0 Å². The van der Waals surface area contributed by atoms with E-state index in [1.54, 1.807) is 18.2 Å². The van der Waals surface area contributed by atoms with Gasteiger partial charge < -0.3 is 14.6 Å². The lowest BCUT2D eigenvalue weighted by molar-refractivity contribution is 0.101. The number of hydrogen-bond acceptors (Lipinski definition) is 4. The minimum absolute atomic E-state index is 0.0218. The summed E-state index contributed by atoms with van der Waals surface area (Å²) in [4.78, 5) is 12.4. The Hall–Kier alpha value is -1.69. The highest BCUT2D eigenvalue weighted by Crippen LogP contribution is 2.41. The number of phenols is 1. The zero-order chi connectivity index (χ0) is 16.7. The fourth-order valence-corrected chi connectivity index (χ4v) is 3.19. The molecule has 7 heteroatoms. The van der Waals surface area contributed by atoms with Gasteiger partial charge >= 0.3 is 0 Å². The molecule has 0 aromatic heterocycles. The maximum absolute atomic E-state index is 12.4. The molecule has 0 fully saturated rings. The van der Waals surface area contributed by atoms with E-state index < -0.39 is 0 Å². The summed E-state index contributed by atoms with van der Waals surface area (Å²) in [7, 11) is 1.44. The average Bonchev–Trinajstić information content (AvgIpc) is 2.80. The van der Waals surface area contributed by atoms with Crippen molar-refractivity contribution in [3.63, 3.8) is 0 Å². The SMILES string of the molecule is COc1cc(/C=C2\Oc3c(Cl)cc(Cl)cc3C2=O)cc(Br)c1O. The number of aromatic hydroxyl groups is 1. The van der Waals surface area contributed by atoms with Crippen molar-refractivity contribution >= 4 is 51.0 Å². The summed E-state index contributed by atoms with van der Waals surface area (Å²) < 4.78 is 11.1. The lowest BCUT2D eigenvalue weighted by Gasteiger charge is -2.07. The molecule has 4 nitrogen and oxygen atoms in total. The number of fused-ring (bicyclic) bond motifs is 1. The second-order valence-corrected chi connectivity index (χ2v) is 6.46. The minimum atomic E-state index is -0.312. The second kappa shape index (κ2) is 6.07. The lowest BCUT2D eigenvalue weighted by Crippen LogP contribution is -1.98. The van der Waals surface area contributed by atoms with Crippen LogP contribution in [0, 0.1) is 0 Å².